The molecule has 7 heteroatoms. The van der Waals surface area contributed by atoms with Gasteiger partial charge in [0.1, 0.15) is 13.1 Å². The van der Waals surface area contributed by atoms with E-state index in [0.717, 1.165) is 18.6 Å². The van der Waals surface area contributed by atoms with E-state index in [4.69, 9.17) is 4.74 Å². The normalized spacial score (nSPS) is 17.8. The summed E-state index contributed by atoms with van der Waals surface area (Å²) in [6.07, 6.45) is 0. The minimum absolute atomic E-state index is 0.0240. The average molecular weight is 291 g/mol. The Labute approximate surface area is 121 Å². The van der Waals surface area contributed by atoms with Crippen molar-refractivity contribution in [2.45, 2.75) is 13.0 Å². The fourth-order valence-corrected chi connectivity index (χ4v) is 2.61. The van der Waals surface area contributed by atoms with Crippen molar-refractivity contribution < 1.29 is 14.4 Å². The Bertz CT molecular complexity index is 700. The van der Waals surface area contributed by atoms with Crippen molar-refractivity contribution in [3.63, 3.8) is 0 Å². The van der Waals surface area contributed by atoms with Crippen molar-refractivity contribution in [3.8, 4) is 0 Å². The summed E-state index contributed by atoms with van der Waals surface area (Å²) in [5.41, 5.74) is 1.84. The number of anilines is 1. The topological polar surface area (TPSA) is 91.4 Å². The van der Waals surface area contributed by atoms with E-state index in [1.807, 2.05) is 6.92 Å². The van der Waals surface area contributed by atoms with E-state index in [-0.39, 0.29) is 17.6 Å². The van der Waals surface area contributed by atoms with Gasteiger partial charge in [-0.1, -0.05) is 0 Å². The summed E-state index contributed by atoms with van der Waals surface area (Å²) in [5.74, 6) is -0.0240. The third kappa shape index (κ3) is 2.98. The quantitative estimate of drug-likeness (QED) is 0.590. The lowest BCUT2D eigenvalue weighted by Gasteiger charge is -2.28. The van der Waals surface area contributed by atoms with Crippen LogP contribution >= 0.6 is 0 Å². The van der Waals surface area contributed by atoms with Gasteiger partial charge in [0.2, 0.25) is 0 Å². The van der Waals surface area contributed by atoms with E-state index in [9.17, 15) is 9.59 Å². The number of morpholine rings is 1. The average Bonchev–Trinajstić information content (AvgIpc) is 2.86. The second-order valence-electron chi connectivity index (χ2n) is 5.32. The van der Waals surface area contributed by atoms with Crippen molar-refractivity contribution in [2.24, 2.45) is 0 Å². The minimum atomic E-state index is -0.250. The van der Waals surface area contributed by atoms with Crippen LogP contribution in [0.4, 0.5) is 5.69 Å². The van der Waals surface area contributed by atoms with E-state index in [2.05, 4.69) is 15.3 Å². The molecule has 0 radical (unpaired) electrons. The molecule has 0 unspecified atom stereocenters. The number of aromatic amines is 2. The van der Waals surface area contributed by atoms with Gasteiger partial charge in [0, 0.05) is 5.69 Å². The molecular weight excluding hydrogens is 272 g/mol. The molecule has 4 N–H and O–H groups in total. The lowest BCUT2D eigenvalue weighted by Crippen LogP contribution is -3.18. The van der Waals surface area contributed by atoms with E-state index in [0.29, 0.717) is 24.4 Å². The summed E-state index contributed by atoms with van der Waals surface area (Å²) in [7, 11) is 0. The molecule has 1 aliphatic heterocycles. The summed E-state index contributed by atoms with van der Waals surface area (Å²) in [4.78, 5) is 30.1. The first-order valence-corrected chi connectivity index (χ1v) is 7.09. The van der Waals surface area contributed by atoms with Crippen molar-refractivity contribution in [1.82, 2.24) is 9.97 Å². The zero-order valence-electron chi connectivity index (χ0n) is 11.9. The Kier molecular flexibility index (Phi) is 3.76. The molecule has 0 spiro atoms. The fourth-order valence-electron chi connectivity index (χ4n) is 2.61. The molecule has 2 aromatic rings. The molecule has 1 amide bonds. The molecule has 3 rings (SSSR count). The summed E-state index contributed by atoms with van der Waals surface area (Å²) in [6.45, 7) is 5.01. The smallest absolute Gasteiger partial charge is 0.323 e. The maximum absolute atomic E-state index is 12.3. The molecule has 1 saturated heterocycles. The number of nitrogens with one attached hydrogen (secondary N) is 4. The van der Waals surface area contributed by atoms with Gasteiger partial charge in [-0.2, -0.15) is 0 Å². The van der Waals surface area contributed by atoms with Gasteiger partial charge in [-0.3, -0.25) is 4.79 Å². The third-order valence-corrected chi connectivity index (χ3v) is 3.92. The van der Waals surface area contributed by atoms with Crippen LogP contribution in [0.15, 0.2) is 23.0 Å². The molecule has 0 bridgehead atoms. The maximum Gasteiger partial charge on any atom is 0.323 e. The Balaban J connectivity index is 1.71. The number of rotatable bonds is 3. The molecule has 1 aromatic heterocycles. The van der Waals surface area contributed by atoms with E-state index < -0.39 is 0 Å². The number of fused-ring (bicyclic) bond motifs is 1. The second-order valence-corrected chi connectivity index (χ2v) is 5.32. The monoisotopic (exact) mass is 291 g/mol. The maximum atomic E-state index is 12.3. The summed E-state index contributed by atoms with van der Waals surface area (Å²) in [5, 5.41) is 2.90. The number of hydrogen-bond donors (Lipinski definition) is 4. The van der Waals surface area contributed by atoms with Crippen LogP contribution in [-0.4, -0.2) is 48.2 Å². The van der Waals surface area contributed by atoms with Crippen molar-refractivity contribution in [3.05, 3.63) is 28.7 Å². The van der Waals surface area contributed by atoms with Crippen LogP contribution in [0.25, 0.3) is 11.0 Å². The first-order valence-electron chi connectivity index (χ1n) is 7.09. The van der Waals surface area contributed by atoms with Gasteiger partial charge >= 0.3 is 5.69 Å². The van der Waals surface area contributed by atoms with Gasteiger partial charge in [-0.15, -0.1) is 0 Å². The SMILES string of the molecule is C[C@H](C(=O)Nc1ccc2[nH]c(=O)[nH]c2c1)[NH+]1CCOCC1. The second kappa shape index (κ2) is 5.71. The molecule has 1 fully saturated rings. The number of carbonyl (C=O) groups is 1. The molecule has 0 aliphatic carbocycles. The van der Waals surface area contributed by atoms with Crippen molar-refractivity contribution in [2.75, 3.05) is 31.6 Å². The lowest BCUT2D eigenvalue weighted by molar-refractivity contribution is -0.921. The van der Waals surface area contributed by atoms with Crippen LogP contribution in [0.3, 0.4) is 0 Å². The zero-order valence-corrected chi connectivity index (χ0v) is 11.9. The molecule has 112 valence electrons. The zero-order chi connectivity index (χ0) is 14.8. The number of benzene rings is 1. The number of imidazole rings is 1. The van der Waals surface area contributed by atoms with Crippen LogP contribution in [0.2, 0.25) is 0 Å². The summed E-state index contributed by atoms with van der Waals surface area (Å²) >= 11 is 0. The number of aromatic nitrogens is 2. The number of ether oxygens (including phenoxy) is 1. The number of hydrogen-bond acceptors (Lipinski definition) is 3. The van der Waals surface area contributed by atoms with Crippen LogP contribution in [0.1, 0.15) is 6.92 Å². The largest absolute Gasteiger partial charge is 0.370 e. The van der Waals surface area contributed by atoms with Crippen LogP contribution in [0.5, 0.6) is 0 Å². The van der Waals surface area contributed by atoms with Crippen LogP contribution in [0, 0.1) is 0 Å². The molecule has 2 heterocycles. The lowest BCUT2D eigenvalue weighted by atomic mass is 10.2. The number of H-pyrrole nitrogens is 2. The van der Waals surface area contributed by atoms with Gasteiger partial charge in [0.05, 0.1) is 24.2 Å². The molecule has 0 saturated carbocycles. The number of carbonyl (C=O) groups excluding carboxylic acids is 1. The first-order chi connectivity index (χ1) is 10.1. The van der Waals surface area contributed by atoms with Crippen LogP contribution in [-0.2, 0) is 9.53 Å². The number of amides is 1. The van der Waals surface area contributed by atoms with E-state index in [1.165, 1.54) is 4.90 Å². The Hall–Kier alpha value is -2.12. The van der Waals surface area contributed by atoms with Gasteiger partial charge in [0.15, 0.2) is 6.04 Å². The molecule has 1 aromatic carbocycles. The summed E-state index contributed by atoms with van der Waals surface area (Å²) < 4.78 is 5.31. The van der Waals surface area contributed by atoms with Gasteiger partial charge in [-0.05, 0) is 25.1 Å². The summed E-state index contributed by atoms with van der Waals surface area (Å²) in [6, 6.07) is 5.18. The van der Waals surface area contributed by atoms with E-state index in [1.54, 1.807) is 18.2 Å². The van der Waals surface area contributed by atoms with Crippen molar-refractivity contribution in [1.29, 1.82) is 0 Å². The molecule has 7 nitrogen and oxygen atoms in total. The Morgan fingerprint density at radius 2 is 2.00 bits per heavy atom. The predicted molar refractivity (Wildman–Crippen MR) is 78.5 cm³/mol. The molecule has 1 aliphatic rings. The minimum Gasteiger partial charge on any atom is -0.370 e. The van der Waals surface area contributed by atoms with Crippen LogP contribution < -0.4 is 15.9 Å². The predicted octanol–water partition coefficient (Wildman–Crippen LogP) is -0.902. The molecule has 21 heavy (non-hydrogen) atoms. The van der Waals surface area contributed by atoms with Gasteiger partial charge in [0.25, 0.3) is 5.91 Å². The fraction of sp³-hybridized carbons (Fsp3) is 0.429. The number of quaternary nitrogens is 1. The van der Waals surface area contributed by atoms with Crippen molar-refractivity contribution >= 4 is 22.6 Å². The Morgan fingerprint density at radius 3 is 2.76 bits per heavy atom. The Morgan fingerprint density at radius 1 is 1.29 bits per heavy atom. The highest BCUT2D eigenvalue weighted by Gasteiger charge is 2.26. The molecular formula is C14H19N4O3+. The van der Waals surface area contributed by atoms with E-state index >= 15 is 0 Å². The highest BCUT2D eigenvalue weighted by Crippen LogP contribution is 2.14. The highest BCUT2D eigenvalue weighted by atomic mass is 16.5. The van der Waals surface area contributed by atoms with Gasteiger partial charge in [-0.25, -0.2) is 4.79 Å². The first kappa shape index (κ1) is 13.8. The highest BCUT2D eigenvalue weighted by molar-refractivity contribution is 5.95. The third-order valence-electron chi connectivity index (χ3n) is 3.92. The molecule has 1 atom stereocenters. The van der Waals surface area contributed by atoms with Gasteiger partial charge < -0.3 is 24.9 Å². The standard InChI is InChI=1S/C14H18N4O3/c1-9(18-4-6-21-7-5-18)13(19)15-10-2-3-11-12(8-10)17-14(20)16-11/h2-3,8-9H,4-7H2,1H3,(H,15,19)(H2,16,17,20)/p+1/t9-/m1/s1.